The summed E-state index contributed by atoms with van der Waals surface area (Å²) in [6, 6.07) is 10.1. The highest BCUT2D eigenvalue weighted by atomic mass is 32.1. The van der Waals surface area contributed by atoms with E-state index in [9.17, 15) is 4.79 Å². The van der Waals surface area contributed by atoms with Crippen molar-refractivity contribution in [1.29, 1.82) is 0 Å². The lowest BCUT2D eigenvalue weighted by molar-refractivity contribution is 0.0949. The SMILES string of the molecule is C=CC[C@H](C(=O)c1ccccc1)C(=S)N1CC[C@H]2CCC[C@H]21. The molecular formula is C19H23NOS. The van der Waals surface area contributed by atoms with E-state index >= 15 is 0 Å². The van der Waals surface area contributed by atoms with Gasteiger partial charge in [0, 0.05) is 18.2 Å². The molecule has 1 saturated heterocycles. The first-order chi connectivity index (χ1) is 10.7. The van der Waals surface area contributed by atoms with Gasteiger partial charge in [0.25, 0.3) is 0 Å². The van der Waals surface area contributed by atoms with Crippen LogP contribution in [0, 0.1) is 11.8 Å². The second-order valence-corrected chi connectivity index (χ2v) is 6.80. The Morgan fingerprint density at radius 3 is 2.82 bits per heavy atom. The molecule has 2 aliphatic rings. The molecule has 1 aliphatic heterocycles. The third kappa shape index (κ3) is 2.87. The first kappa shape index (κ1) is 15.4. The van der Waals surface area contributed by atoms with E-state index in [4.69, 9.17) is 12.2 Å². The van der Waals surface area contributed by atoms with Crippen molar-refractivity contribution in [3.8, 4) is 0 Å². The van der Waals surface area contributed by atoms with Gasteiger partial charge < -0.3 is 4.90 Å². The molecule has 0 unspecified atom stereocenters. The van der Waals surface area contributed by atoms with Crippen molar-refractivity contribution < 1.29 is 4.79 Å². The maximum absolute atomic E-state index is 12.9. The highest BCUT2D eigenvalue weighted by Crippen LogP contribution is 2.39. The van der Waals surface area contributed by atoms with E-state index in [0.29, 0.717) is 12.5 Å². The molecule has 0 N–H and O–H groups in total. The average molecular weight is 313 g/mol. The summed E-state index contributed by atoms with van der Waals surface area (Å²) in [4.78, 5) is 16.0. The number of nitrogens with zero attached hydrogens (tertiary/aromatic N) is 1. The van der Waals surface area contributed by atoms with Gasteiger partial charge in [-0.05, 0) is 31.6 Å². The number of likely N-dealkylation sites (tertiary alicyclic amines) is 1. The number of carbonyl (C=O) groups is 1. The number of Topliss-reactive ketones (excluding diaryl/α,β-unsaturated/α-hetero) is 1. The first-order valence-electron chi connectivity index (χ1n) is 8.23. The maximum atomic E-state index is 12.9. The molecule has 2 nitrogen and oxygen atoms in total. The normalized spacial score (nSPS) is 24.8. The summed E-state index contributed by atoms with van der Waals surface area (Å²) in [5.41, 5.74) is 0.749. The van der Waals surface area contributed by atoms with E-state index in [1.54, 1.807) is 0 Å². The van der Waals surface area contributed by atoms with Gasteiger partial charge in [-0.15, -0.1) is 6.58 Å². The minimum atomic E-state index is -0.241. The van der Waals surface area contributed by atoms with Gasteiger partial charge in [0.2, 0.25) is 0 Å². The largest absolute Gasteiger partial charge is 0.362 e. The van der Waals surface area contributed by atoms with Gasteiger partial charge in [0.1, 0.15) is 0 Å². The van der Waals surface area contributed by atoms with E-state index in [-0.39, 0.29) is 11.7 Å². The Balaban J connectivity index is 1.80. The standard InChI is InChI=1S/C19H23NOS/c1-2-7-16(18(21)15-8-4-3-5-9-15)19(22)20-13-12-14-10-6-11-17(14)20/h2-5,8-9,14,16-17H,1,6-7,10-13H2/t14-,16-,17-/m1/s1. The van der Waals surface area contributed by atoms with Crippen LogP contribution in [0.4, 0.5) is 0 Å². The van der Waals surface area contributed by atoms with Gasteiger partial charge in [-0.3, -0.25) is 4.79 Å². The molecule has 3 rings (SSSR count). The molecule has 0 aromatic heterocycles. The van der Waals surface area contributed by atoms with Gasteiger partial charge in [-0.2, -0.15) is 0 Å². The van der Waals surface area contributed by atoms with Gasteiger partial charge in [0.05, 0.1) is 10.9 Å². The topological polar surface area (TPSA) is 20.3 Å². The Labute approximate surface area is 138 Å². The summed E-state index contributed by atoms with van der Waals surface area (Å²) in [6.07, 6.45) is 7.52. The second-order valence-electron chi connectivity index (χ2n) is 6.39. The molecule has 1 aliphatic carbocycles. The Hall–Kier alpha value is -1.48. The van der Waals surface area contributed by atoms with Crippen LogP contribution in [0.3, 0.4) is 0 Å². The van der Waals surface area contributed by atoms with Gasteiger partial charge in [-0.1, -0.05) is 55.0 Å². The molecule has 0 amide bonds. The van der Waals surface area contributed by atoms with E-state index in [2.05, 4.69) is 11.5 Å². The number of rotatable bonds is 5. The molecule has 1 saturated carbocycles. The van der Waals surface area contributed by atoms with E-state index in [1.165, 1.54) is 25.7 Å². The predicted octanol–water partition coefficient (Wildman–Crippen LogP) is 4.26. The Morgan fingerprint density at radius 1 is 1.32 bits per heavy atom. The molecule has 2 fully saturated rings. The number of ketones is 1. The van der Waals surface area contributed by atoms with Crippen LogP contribution in [0.25, 0.3) is 0 Å². The summed E-state index contributed by atoms with van der Waals surface area (Å²) in [7, 11) is 0. The van der Waals surface area contributed by atoms with Crippen LogP contribution < -0.4 is 0 Å². The maximum Gasteiger partial charge on any atom is 0.173 e. The van der Waals surface area contributed by atoms with Gasteiger partial charge in [-0.25, -0.2) is 0 Å². The molecule has 3 heteroatoms. The Morgan fingerprint density at radius 2 is 2.09 bits per heavy atom. The number of benzene rings is 1. The van der Waals surface area contributed by atoms with Crippen molar-refractivity contribution in [2.45, 2.75) is 38.1 Å². The zero-order chi connectivity index (χ0) is 15.5. The first-order valence-corrected chi connectivity index (χ1v) is 8.64. The summed E-state index contributed by atoms with van der Waals surface area (Å²) in [6.45, 7) is 4.84. The summed E-state index contributed by atoms with van der Waals surface area (Å²) in [5.74, 6) is 0.676. The van der Waals surface area contributed by atoms with Crippen molar-refractivity contribution in [2.75, 3.05) is 6.54 Å². The molecular weight excluding hydrogens is 290 g/mol. The van der Waals surface area contributed by atoms with Crippen molar-refractivity contribution in [3.05, 3.63) is 48.6 Å². The fourth-order valence-corrected chi connectivity index (χ4v) is 4.43. The van der Waals surface area contributed by atoms with Crippen molar-refractivity contribution in [1.82, 2.24) is 4.90 Å². The Kier molecular flexibility index (Phi) is 4.72. The lowest BCUT2D eigenvalue weighted by atomic mass is 9.93. The van der Waals surface area contributed by atoms with Crippen molar-refractivity contribution >= 4 is 23.0 Å². The van der Waals surface area contributed by atoms with Crippen LogP contribution in [-0.2, 0) is 0 Å². The molecule has 1 heterocycles. The highest BCUT2D eigenvalue weighted by molar-refractivity contribution is 7.80. The van der Waals surface area contributed by atoms with Gasteiger partial charge >= 0.3 is 0 Å². The fraction of sp³-hybridized carbons (Fsp3) is 0.474. The summed E-state index contributed by atoms with van der Waals surface area (Å²) < 4.78 is 0. The molecule has 1 aromatic carbocycles. The van der Waals surface area contributed by atoms with E-state index < -0.39 is 0 Å². The van der Waals surface area contributed by atoms with Crippen LogP contribution >= 0.6 is 12.2 Å². The zero-order valence-corrected chi connectivity index (χ0v) is 13.7. The third-order valence-corrected chi connectivity index (χ3v) is 5.64. The number of carbonyl (C=O) groups excluding carboxylic acids is 1. The summed E-state index contributed by atoms with van der Waals surface area (Å²) in [5, 5.41) is 0. The lowest BCUT2D eigenvalue weighted by Crippen LogP contribution is -2.41. The summed E-state index contributed by atoms with van der Waals surface area (Å²) >= 11 is 5.76. The Bertz CT molecular complexity index is 568. The number of hydrogen-bond acceptors (Lipinski definition) is 2. The lowest BCUT2D eigenvalue weighted by Gasteiger charge is -2.30. The highest BCUT2D eigenvalue weighted by Gasteiger charge is 2.40. The number of fused-ring (bicyclic) bond motifs is 1. The molecule has 116 valence electrons. The predicted molar refractivity (Wildman–Crippen MR) is 94.1 cm³/mol. The van der Waals surface area contributed by atoms with Crippen LogP contribution in [0.5, 0.6) is 0 Å². The number of allylic oxidation sites excluding steroid dienone is 1. The molecule has 22 heavy (non-hydrogen) atoms. The van der Waals surface area contributed by atoms with Gasteiger partial charge in [0.15, 0.2) is 5.78 Å². The monoisotopic (exact) mass is 313 g/mol. The second kappa shape index (κ2) is 6.74. The zero-order valence-electron chi connectivity index (χ0n) is 12.9. The minimum absolute atomic E-state index is 0.131. The molecule has 0 spiro atoms. The molecule has 1 aromatic rings. The van der Waals surface area contributed by atoms with E-state index in [0.717, 1.165) is 23.0 Å². The van der Waals surface area contributed by atoms with Crippen molar-refractivity contribution in [3.63, 3.8) is 0 Å². The number of thiocarbonyl (C=S) groups is 1. The van der Waals surface area contributed by atoms with Crippen LogP contribution in [0.15, 0.2) is 43.0 Å². The van der Waals surface area contributed by atoms with Crippen LogP contribution in [-0.4, -0.2) is 28.3 Å². The quantitative estimate of drug-likeness (QED) is 0.460. The molecule has 0 radical (unpaired) electrons. The van der Waals surface area contributed by atoms with E-state index in [1.807, 2.05) is 36.4 Å². The average Bonchev–Trinajstić information content (AvgIpc) is 3.15. The third-order valence-electron chi connectivity index (χ3n) is 5.12. The van der Waals surface area contributed by atoms with Crippen LogP contribution in [0.1, 0.15) is 42.5 Å². The minimum Gasteiger partial charge on any atom is -0.362 e. The van der Waals surface area contributed by atoms with Crippen molar-refractivity contribution in [2.24, 2.45) is 11.8 Å². The smallest absolute Gasteiger partial charge is 0.173 e. The fourth-order valence-electron chi connectivity index (χ4n) is 4.00. The van der Waals surface area contributed by atoms with Crippen LogP contribution in [0.2, 0.25) is 0 Å². The number of hydrogen-bond donors (Lipinski definition) is 0. The molecule has 3 atom stereocenters. The molecule has 0 bridgehead atoms.